The normalized spacial score (nSPS) is 12.0. The molecule has 0 aliphatic carbocycles. The smallest absolute Gasteiger partial charge is 0.306 e. The lowest BCUT2D eigenvalue weighted by molar-refractivity contribution is -0.146. The van der Waals surface area contributed by atoms with Crippen LogP contribution in [0, 0.1) is 5.82 Å². The van der Waals surface area contributed by atoms with Crippen molar-refractivity contribution in [1.29, 1.82) is 0 Å². The summed E-state index contributed by atoms with van der Waals surface area (Å²) in [6.07, 6.45) is 0.841. The van der Waals surface area contributed by atoms with Gasteiger partial charge in [-0.1, -0.05) is 25.5 Å². The minimum absolute atomic E-state index is 0.0740. The molecule has 0 spiro atoms. The Hall–Kier alpha value is -3.35. The zero-order valence-corrected chi connectivity index (χ0v) is 17.6. The third-order valence-electron chi connectivity index (χ3n) is 5.03. The van der Waals surface area contributed by atoms with Crippen LogP contribution in [-0.4, -0.2) is 27.4 Å². The fourth-order valence-corrected chi connectivity index (χ4v) is 3.33. The maximum absolute atomic E-state index is 13.0. The molecule has 0 N–H and O–H groups in total. The van der Waals surface area contributed by atoms with Gasteiger partial charge >= 0.3 is 5.97 Å². The van der Waals surface area contributed by atoms with E-state index in [1.54, 1.807) is 4.57 Å². The number of Topliss-reactive ketones (excluding diaryl/α,β-unsaturated/α-hetero) is 1. The van der Waals surface area contributed by atoms with Gasteiger partial charge in [0.2, 0.25) is 5.78 Å². The number of fused-ring (bicyclic) bond motifs is 1. The number of halogens is 1. The van der Waals surface area contributed by atoms with Gasteiger partial charge in [0, 0.05) is 18.5 Å². The molecule has 1 atom stereocenters. The molecule has 1 aromatic heterocycles. The molecule has 0 saturated carbocycles. The molecule has 0 bridgehead atoms. The third kappa shape index (κ3) is 5.42. The van der Waals surface area contributed by atoms with Crippen LogP contribution in [-0.2, 0) is 22.5 Å². The number of unbranched alkanes of at least 4 members (excludes halogenated alkanes) is 1. The predicted octanol–water partition coefficient (Wildman–Crippen LogP) is 4.08. The van der Waals surface area contributed by atoms with Crippen molar-refractivity contribution in [1.82, 2.24) is 9.55 Å². The Labute approximate surface area is 179 Å². The summed E-state index contributed by atoms with van der Waals surface area (Å²) < 4.78 is 19.9. The van der Waals surface area contributed by atoms with Crippen LogP contribution in [0.15, 0.2) is 53.3 Å². The molecule has 0 amide bonds. The van der Waals surface area contributed by atoms with Crippen molar-refractivity contribution >= 4 is 22.8 Å². The SMILES string of the molecule is CCCCn1c(=O)c(CCC(=O)O[C@@H](C)C(=O)c2ccc(F)cc2)nc2ccccc21. The van der Waals surface area contributed by atoms with Crippen molar-refractivity contribution in [2.75, 3.05) is 0 Å². The number of ether oxygens (including phenoxy) is 1. The Bertz CT molecular complexity index is 1140. The molecule has 2 aromatic carbocycles. The van der Waals surface area contributed by atoms with E-state index in [9.17, 15) is 18.8 Å². The Morgan fingerprint density at radius 1 is 1.13 bits per heavy atom. The number of benzene rings is 2. The van der Waals surface area contributed by atoms with Gasteiger partial charge in [-0.25, -0.2) is 9.37 Å². The van der Waals surface area contributed by atoms with Gasteiger partial charge in [0.15, 0.2) is 6.10 Å². The van der Waals surface area contributed by atoms with Gasteiger partial charge in [-0.2, -0.15) is 0 Å². The van der Waals surface area contributed by atoms with Gasteiger partial charge in [-0.3, -0.25) is 14.4 Å². The van der Waals surface area contributed by atoms with E-state index in [2.05, 4.69) is 11.9 Å². The van der Waals surface area contributed by atoms with E-state index in [0.29, 0.717) is 17.8 Å². The molecular weight excluding hydrogens is 399 g/mol. The first-order chi connectivity index (χ1) is 14.9. The Kier molecular flexibility index (Phi) is 7.28. The lowest BCUT2D eigenvalue weighted by atomic mass is 10.1. The summed E-state index contributed by atoms with van der Waals surface area (Å²) in [4.78, 5) is 42.0. The van der Waals surface area contributed by atoms with E-state index >= 15 is 0 Å². The highest BCUT2D eigenvalue weighted by Gasteiger charge is 2.20. The first-order valence-electron chi connectivity index (χ1n) is 10.4. The number of esters is 1. The van der Waals surface area contributed by atoms with Crippen LogP contribution in [0.4, 0.5) is 4.39 Å². The molecule has 3 aromatic rings. The van der Waals surface area contributed by atoms with Crippen LogP contribution in [0.25, 0.3) is 11.0 Å². The van der Waals surface area contributed by atoms with Gasteiger partial charge in [0.05, 0.1) is 17.5 Å². The molecule has 0 fully saturated rings. The molecule has 0 unspecified atom stereocenters. The molecule has 7 heteroatoms. The number of rotatable bonds is 9. The number of hydrogen-bond acceptors (Lipinski definition) is 5. The molecule has 0 aliphatic rings. The molecular formula is C24H25FN2O4. The molecule has 6 nitrogen and oxygen atoms in total. The van der Waals surface area contributed by atoms with Crippen LogP contribution in [0.2, 0.25) is 0 Å². The Balaban J connectivity index is 1.69. The summed E-state index contributed by atoms with van der Waals surface area (Å²) in [7, 11) is 0. The third-order valence-corrected chi connectivity index (χ3v) is 5.03. The zero-order valence-electron chi connectivity index (χ0n) is 17.6. The lowest BCUT2D eigenvalue weighted by Crippen LogP contribution is -2.28. The number of nitrogens with zero attached hydrogens (tertiary/aromatic N) is 2. The number of hydrogen-bond donors (Lipinski definition) is 0. The highest BCUT2D eigenvalue weighted by atomic mass is 19.1. The number of aryl methyl sites for hydroxylation is 2. The van der Waals surface area contributed by atoms with E-state index in [0.717, 1.165) is 18.4 Å². The average Bonchev–Trinajstić information content (AvgIpc) is 2.77. The maximum atomic E-state index is 13.0. The summed E-state index contributed by atoms with van der Waals surface area (Å²) in [6, 6.07) is 12.5. The van der Waals surface area contributed by atoms with E-state index in [1.165, 1.54) is 31.2 Å². The second kappa shape index (κ2) is 10.1. The number of carbonyl (C=O) groups excluding carboxylic acids is 2. The van der Waals surface area contributed by atoms with Crippen molar-refractivity contribution in [3.8, 4) is 0 Å². The van der Waals surface area contributed by atoms with Gasteiger partial charge in [-0.05, 0) is 49.7 Å². The Morgan fingerprint density at radius 2 is 1.84 bits per heavy atom. The van der Waals surface area contributed by atoms with Crippen molar-refractivity contribution < 1.29 is 18.7 Å². The van der Waals surface area contributed by atoms with E-state index in [1.807, 2.05) is 24.3 Å². The average molecular weight is 424 g/mol. The van der Waals surface area contributed by atoms with Crippen molar-refractivity contribution in [2.24, 2.45) is 0 Å². The van der Waals surface area contributed by atoms with Crippen LogP contribution in [0.3, 0.4) is 0 Å². The zero-order chi connectivity index (χ0) is 22.4. The topological polar surface area (TPSA) is 78.3 Å². The predicted molar refractivity (Wildman–Crippen MR) is 116 cm³/mol. The molecule has 0 aliphatic heterocycles. The fourth-order valence-electron chi connectivity index (χ4n) is 3.33. The molecule has 1 heterocycles. The lowest BCUT2D eigenvalue weighted by Gasteiger charge is -2.13. The quantitative estimate of drug-likeness (QED) is 0.382. The Morgan fingerprint density at radius 3 is 2.55 bits per heavy atom. The van der Waals surface area contributed by atoms with E-state index < -0.39 is 23.7 Å². The molecule has 3 rings (SSSR count). The second-order valence-electron chi connectivity index (χ2n) is 7.36. The minimum Gasteiger partial charge on any atom is -0.454 e. The van der Waals surface area contributed by atoms with Crippen molar-refractivity contribution in [3.05, 3.63) is 76.0 Å². The fraction of sp³-hybridized carbons (Fsp3) is 0.333. The van der Waals surface area contributed by atoms with Crippen LogP contribution in [0.1, 0.15) is 49.2 Å². The summed E-state index contributed by atoms with van der Waals surface area (Å²) in [5.41, 5.74) is 1.81. The van der Waals surface area contributed by atoms with Gasteiger partial charge in [0.1, 0.15) is 11.5 Å². The largest absolute Gasteiger partial charge is 0.454 e. The molecule has 0 saturated heterocycles. The highest BCUT2D eigenvalue weighted by molar-refractivity contribution is 6.00. The summed E-state index contributed by atoms with van der Waals surface area (Å²) in [5.74, 6) is -1.47. The van der Waals surface area contributed by atoms with Crippen LogP contribution in [0.5, 0.6) is 0 Å². The number of para-hydroxylation sites is 2. The summed E-state index contributed by atoms with van der Waals surface area (Å²) in [6.45, 7) is 4.11. The first kappa shape index (κ1) is 22.3. The van der Waals surface area contributed by atoms with E-state index in [-0.39, 0.29) is 24.0 Å². The minimum atomic E-state index is -1.01. The van der Waals surface area contributed by atoms with Gasteiger partial charge in [-0.15, -0.1) is 0 Å². The van der Waals surface area contributed by atoms with Crippen molar-refractivity contribution in [2.45, 2.75) is 52.2 Å². The number of ketones is 1. The van der Waals surface area contributed by atoms with Crippen molar-refractivity contribution in [3.63, 3.8) is 0 Å². The van der Waals surface area contributed by atoms with Crippen LogP contribution >= 0.6 is 0 Å². The first-order valence-corrected chi connectivity index (χ1v) is 10.4. The second-order valence-corrected chi connectivity index (χ2v) is 7.36. The molecule has 162 valence electrons. The summed E-state index contributed by atoms with van der Waals surface area (Å²) >= 11 is 0. The van der Waals surface area contributed by atoms with E-state index in [4.69, 9.17) is 4.74 Å². The maximum Gasteiger partial charge on any atom is 0.306 e. The number of aromatic nitrogens is 2. The highest BCUT2D eigenvalue weighted by Crippen LogP contribution is 2.13. The number of carbonyl (C=O) groups is 2. The van der Waals surface area contributed by atoms with Gasteiger partial charge in [0.25, 0.3) is 5.56 Å². The van der Waals surface area contributed by atoms with Crippen LogP contribution < -0.4 is 5.56 Å². The monoisotopic (exact) mass is 424 g/mol. The molecule has 31 heavy (non-hydrogen) atoms. The van der Waals surface area contributed by atoms with Gasteiger partial charge < -0.3 is 9.30 Å². The molecule has 0 radical (unpaired) electrons. The summed E-state index contributed by atoms with van der Waals surface area (Å²) in [5, 5.41) is 0. The standard InChI is InChI=1S/C24H25FN2O4/c1-3-4-15-27-21-8-6-5-7-19(21)26-20(24(27)30)13-14-22(28)31-16(2)23(29)17-9-11-18(25)12-10-17/h5-12,16H,3-4,13-15H2,1-2H3/t16-/m0/s1.